The highest BCUT2D eigenvalue weighted by Gasteiger charge is 2.38. The Bertz CT molecular complexity index is 1180. The lowest BCUT2D eigenvalue weighted by Gasteiger charge is -2.40. The van der Waals surface area contributed by atoms with Crippen molar-refractivity contribution in [3.63, 3.8) is 0 Å². The Morgan fingerprint density at radius 1 is 1.00 bits per heavy atom. The third kappa shape index (κ3) is 4.81. The molecule has 5 heteroatoms. The van der Waals surface area contributed by atoms with Gasteiger partial charge in [-0.3, -0.25) is 9.59 Å². The maximum Gasteiger partial charge on any atom is 0.258 e. The van der Waals surface area contributed by atoms with Gasteiger partial charge in [0.15, 0.2) is 0 Å². The van der Waals surface area contributed by atoms with E-state index in [2.05, 4.69) is 26.0 Å². The molecular formula is C30H34N2O3. The van der Waals surface area contributed by atoms with Gasteiger partial charge in [0.05, 0.1) is 13.0 Å². The smallest absolute Gasteiger partial charge is 0.258 e. The molecule has 2 atom stereocenters. The molecule has 0 saturated heterocycles. The summed E-state index contributed by atoms with van der Waals surface area (Å²) in [6, 6.07) is 23.1. The van der Waals surface area contributed by atoms with E-state index >= 15 is 0 Å². The number of hydrogen-bond donors (Lipinski definition) is 0. The highest BCUT2D eigenvalue weighted by Crippen LogP contribution is 2.41. The zero-order valence-electron chi connectivity index (χ0n) is 21.2. The number of likely N-dealkylation sites (N-methyl/N-ethyl adjacent to an activating group) is 1. The molecule has 35 heavy (non-hydrogen) atoms. The molecule has 1 aliphatic rings. The summed E-state index contributed by atoms with van der Waals surface area (Å²) in [6.45, 7) is 8.94. The lowest BCUT2D eigenvalue weighted by Crippen LogP contribution is -2.46. The number of para-hydroxylation sites is 1. The molecule has 0 radical (unpaired) electrons. The average Bonchev–Trinajstić information content (AvgIpc) is 2.88. The van der Waals surface area contributed by atoms with Gasteiger partial charge < -0.3 is 14.5 Å². The summed E-state index contributed by atoms with van der Waals surface area (Å²) in [6.07, 6.45) is 0.568. The monoisotopic (exact) mass is 470 g/mol. The lowest BCUT2D eigenvalue weighted by atomic mass is 9.84. The van der Waals surface area contributed by atoms with Crippen molar-refractivity contribution in [1.29, 1.82) is 0 Å². The number of carbonyl (C=O) groups excluding carboxylic acids is 2. The molecule has 3 aromatic carbocycles. The van der Waals surface area contributed by atoms with Gasteiger partial charge in [-0.1, -0.05) is 44.2 Å². The summed E-state index contributed by atoms with van der Waals surface area (Å²) in [5, 5.41) is 0. The van der Waals surface area contributed by atoms with Crippen molar-refractivity contribution in [2.75, 3.05) is 23.5 Å². The molecule has 1 aliphatic heterocycles. The third-order valence-electron chi connectivity index (χ3n) is 6.90. The van der Waals surface area contributed by atoms with E-state index < -0.39 is 0 Å². The minimum absolute atomic E-state index is 0.0700. The van der Waals surface area contributed by atoms with Gasteiger partial charge in [-0.15, -0.1) is 0 Å². The Balaban J connectivity index is 1.66. The maximum atomic E-state index is 13.9. The molecule has 0 saturated carbocycles. The molecule has 4 rings (SSSR count). The molecule has 2 amide bonds. The zero-order chi connectivity index (χ0) is 25.1. The van der Waals surface area contributed by atoms with E-state index in [0.717, 1.165) is 16.9 Å². The molecule has 182 valence electrons. The van der Waals surface area contributed by atoms with Crippen LogP contribution in [0.25, 0.3) is 0 Å². The number of nitrogens with zero attached hydrogens (tertiary/aromatic N) is 2. The van der Waals surface area contributed by atoms with Crippen LogP contribution in [0.1, 0.15) is 67.4 Å². The summed E-state index contributed by atoms with van der Waals surface area (Å²) in [5.41, 5.74) is 4.45. The molecule has 3 aromatic rings. The van der Waals surface area contributed by atoms with Gasteiger partial charge in [0.2, 0.25) is 5.91 Å². The molecule has 0 spiro atoms. The van der Waals surface area contributed by atoms with Crippen LogP contribution < -0.4 is 14.5 Å². The van der Waals surface area contributed by atoms with Crippen molar-refractivity contribution in [3.05, 3.63) is 89.5 Å². The van der Waals surface area contributed by atoms with Crippen LogP contribution in [-0.2, 0) is 4.79 Å². The molecule has 1 heterocycles. The van der Waals surface area contributed by atoms with Crippen LogP contribution in [0.15, 0.2) is 72.8 Å². The summed E-state index contributed by atoms with van der Waals surface area (Å²) in [7, 11) is 1.61. The normalized spacial score (nSPS) is 17.1. The number of carbonyl (C=O) groups is 2. The van der Waals surface area contributed by atoms with Gasteiger partial charge in [-0.05, 0) is 79.8 Å². The Hall–Kier alpha value is -3.60. The Morgan fingerprint density at radius 2 is 1.66 bits per heavy atom. The first-order valence-electron chi connectivity index (χ1n) is 12.3. The van der Waals surface area contributed by atoms with E-state index in [1.807, 2.05) is 60.0 Å². The quantitative estimate of drug-likeness (QED) is 0.419. The fourth-order valence-electron chi connectivity index (χ4n) is 4.92. The number of methoxy groups -OCH3 is 1. The van der Waals surface area contributed by atoms with Gasteiger partial charge in [0.25, 0.3) is 5.91 Å². The highest BCUT2D eigenvalue weighted by atomic mass is 16.5. The predicted octanol–water partition coefficient (Wildman–Crippen LogP) is 6.39. The number of benzene rings is 3. The van der Waals surface area contributed by atoms with E-state index in [1.54, 1.807) is 31.4 Å². The number of amides is 2. The molecule has 0 aromatic heterocycles. The van der Waals surface area contributed by atoms with Gasteiger partial charge in [0, 0.05) is 29.5 Å². The van der Waals surface area contributed by atoms with E-state index in [0.29, 0.717) is 30.2 Å². The second-order valence-electron chi connectivity index (χ2n) is 9.43. The van der Waals surface area contributed by atoms with E-state index in [-0.39, 0.29) is 23.8 Å². The Labute approximate surface area is 208 Å². The number of ether oxygens (including phenoxy) is 1. The first kappa shape index (κ1) is 24.5. The van der Waals surface area contributed by atoms with Crippen LogP contribution in [-0.4, -0.2) is 31.5 Å². The van der Waals surface area contributed by atoms with Crippen LogP contribution in [0, 0.1) is 0 Å². The second-order valence-corrected chi connectivity index (χ2v) is 9.43. The molecule has 0 bridgehead atoms. The summed E-state index contributed by atoms with van der Waals surface area (Å²) >= 11 is 0. The topological polar surface area (TPSA) is 49.9 Å². The van der Waals surface area contributed by atoms with Crippen molar-refractivity contribution in [3.8, 4) is 5.75 Å². The summed E-state index contributed by atoms with van der Waals surface area (Å²) in [5.74, 6) is 0.831. The van der Waals surface area contributed by atoms with Crippen LogP contribution in [0.3, 0.4) is 0 Å². The Morgan fingerprint density at radius 3 is 2.26 bits per heavy atom. The van der Waals surface area contributed by atoms with Gasteiger partial charge in [0.1, 0.15) is 5.75 Å². The summed E-state index contributed by atoms with van der Waals surface area (Å²) < 4.78 is 5.23. The minimum Gasteiger partial charge on any atom is -0.497 e. The molecule has 0 aliphatic carbocycles. The second kappa shape index (κ2) is 10.3. The van der Waals surface area contributed by atoms with E-state index in [1.165, 1.54) is 5.56 Å². The fraction of sp³-hybridized carbons (Fsp3) is 0.333. The molecule has 0 fully saturated rings. The first-order chi connectivity index (χ1) is 16.8. The van der Waals surface area contributed by atoms with Crippen molar-refractivity contribution in [1.82, 2.24) is 0 Å². The van der Waals surface area contributed by atoms with Gasteiger partial charge >= 0.3 is 0 Å². The van der Waals surface area contributed by atoms with Crippen LogP contribution >= 0.6 is 0 Å². The van der Waals surface area contributed by atoms with Crippen LogP contribution in [0.4, 0.5) is 11.4 Å². The number of fused-ring (bicyclic) bond motifs is 1. The van der Waals surface area contributed by atoms with Crippen molar-refractivity contribution < 1.29 is 14.3 Å². The third-order valence-corrected chi connectivity index (χ3v) is 6.90. The number of rotatable bonds is 6. The van der Waals surface area contributed by atoms with E-state index in [4.69, 9.17) is 4.74 Å². The lowest BCUT2D eigenvalue weighted by molar-refractivity contribution is -0.120. The van der Waals surface area contributed by atoms with Gasteiger partial charge in [-0.25, -0.2) is 0 Å². The maximum absolute atomic E-state index is 13.9. The summed E-state index contributed by atoms with van der Waals surface area (Å²) in [4.78, 5) is 31.1. The largest absolute Gasteiger partial charge is 0.497 e. The van der Waals surface area contributed by atoms with Gasteiger partial charge in [-0.2, -0.15) is 0 Å². The fourth-order valence-corrected chi connectivity index (χ4v) is 4.92. The standard InChI is InChI=1S/C30H34N2O3/c1-6-31(24-15-11-22(12-16-24)20(2)3)30(34)27-19-21(4)32(28-10-8-7-9-26(27)28)29(33)23-13-17-25(35-5)18-14-23/h7-18,20-21,27H,6,19H2,1-5H3/t21-,27-/m1/s1. The predicted molar refractivity (Wildman–Crippen MR) is 142 cm³/mol. The molecular weight excluding hydrogens is 436 g/mol. The van der Waals surface area contributed by atoms with E-state index in [9.17, 15) is 9.59 Å². The van der Waals surface area contributed by atoms with Crippen LogP contribution in [0.2, 0.25) is 0 Å². The van der Waals surface area contributed by atoms with Crippen molar-refractivity contribution in [2.45, 2.75) is 52.0 Å². The minimum atomic E-state index is -0.314. The number of hydrogen-bond acceptors (Lipinski definition) is 3. The molecule has 0 unspecified atom stereocenters. The first-order valence-corrected chi connectivity index (χ1v) is 12.3. The zero-order valence-corrected chi connectivity index (χ0v) is 21.2. The SMILES string of the molecule is CCN(C(=O)[C@@H]1C[C@@H](C)N(C(=O)c2ccc(OC)cc2)c2ccccc21)c1ccc(C(C)C)cc1. The highest BCUT2D eigenvalue weighted by molar-refractivity contribution is 6.09. The number of anilines is 2. The van der Waals surface area contributed by atoms with Crippen molar-refractivity contribution >= 4 is 23.2 Å². The Kier molecular flexibility index (Phi) is 7.25. The molecule has 5 nitrogen and oxygen atoms in total. The van der Waals surface area contributed by atoms with Crippen molar-refractivity contribution in [2.24, 2.45) is 0 Å². The van der Waals surface area contributed by atoms with Crippen LogP contribution in [0.5, 0.6) is 5.75 Å². The molecule has 0 N–H and O–H groups in total. The average molecular weight is 471 g/mol.